The molecule has 2 unspecified atom stereocenters. The number of nitrogens with zero attached hydrogens (tertiary/aromatic N) is 4. The summed E-state index contributed by atoms with van der Waals surface area (Å²) < 4.78 is 7.21. The largest absolute Gasteiger partial charge is 0.496 e. The average molecular weight is 403 g/mol. The highest BCUT2D eigenvalue weighted by molar-refractivity contribution is 5.79. The maximum atomic E-state index is 10.8. The van der Waals surface area contributed by atoms with Gasteiger partial charge in [-0.25, -0.2) is 4.99 Å². The zero-order chi connectivity index (χ0) is 21.4. The van der Waals surface area contributed by atoms with Gasteiger partial charge in [0, 0.05) is 37.5 Å². The summed E-state index contributed by atoms with van der Waals surface area (Å²) in [6.45, 7) is 5.33. The Morgan fingerprint density at radius 2 is 2.07 bits per heavy atom. The summed E-state index contributed by atoms with van der Waals surface area (Å²) in [7, 11) is 7.59. The molecule has 0 aliphatic rings. The smallest absolute Gasteiger partial charge is 0.191 e. The molecule has 0 fully saturated rings. The molecule has 0 saturated carbocycles. The predicted molar refractivity (Wildman–Crippen MR) is 116 cm³/mol. The van der Waals surface area contributed by atoms with Gasteiger partial charge < -0.3 is 25.4 Å². The fraction of sp³-hybridized carbons (Fsp3) is 0.524. The van der Waals surface area contributed by atoms with E-state index in [2.05, 4.69) is 31.7 Å². The van der Waals surface area contributed by atoms with Crippen molar-refractivity contribution >= 4 is 5.96 Å². The van der Waals surface area contributed by atoms with Crippen LogP contribution < -0.4 is 15.4 Å². The van der Waals surface area contributed by atoms with Crippen molar-refractivity contribution in [1.82, 2.24) is 25.3 Å². The average Bonchev–Trinajstić information content (AvgIpc) is 3.13. The predicted octanol–water partition coefficient (Wildman–Crippen LogP) is 1.49. The Bertz CT molecular complexity index is 800. The second-order valence-electron chi connectivity index (χ2n) is 7.47. The van der Waals surface area contributed by atoms with Crippen LogP contribution in [0, 0.1) is 0 Å². The number of hydrogen-bond donors (Lipinski definition) is 3. The first kappa shape index (κ1) is 22.7. The number of aliphatic imine (C=N–C) groups is 1. The lowest BCUT2D eigenvalue weighted by molar-refractivity contribution is 0.0671. The minimum Gasteiger partial charge on any atom is -0.496 e. The third-order valence-corrected chi connectivity index (χ3v) is 4.80. The Hall–Kier alpha value is -2.58. The second kappa shape index (κ2) is 10.3. The van der Waals surface area contributed by atoms with Gasteiger partial charge in [0.15, 0.2) is 5.96 Å². The molecule has 29 heavy (non-hydrogen) atoms. The number of ether oxygens (including phenoxy) is 1. The van der Waals surface area contributed by atoms with E-state index >= 15 is 0 Å². The number of aryl methyl sites for hydroxylation is 1. The van der Waals surface area contributed by atoms with Crippen molar-refractivity contribution in [3.05, 3.63) is 47.8 Å². The minimum atomic E-state index is -1.10. The Labute approximate surface area is 173 Å². The van der Waals surface area contributed by atoms with Gasteiger partial charge in [0.05, 0.1) is 25.9 Å². The van der Waals surface area contributed by atoms with Crippen LogP contribution in [0.25, 0.3) is 0 Å². The number of benzene rings is 1. The molecule has 2 aromatic rings. The molecule has 0 aliphatic carbocycles. The fourth-order valence-corrected chi connectivity index (χ4v) is 3.07. The number of methoxy groups -OCH3 is 1. The van der Waals surface area contributed by atoms with Crippen LogP contribution in [0.3, 0.4) is 0 Å². The summed E-state index contributed by atoms with van der Waals surface area (Å²) in [6, 6.07) is 8.11. The van der Waals surface area contributed by atoms with Gasteiger partial charge in [-0.1, -0.05) is 18.2 Å². The van der Waals surface area contributed by atoms with Crippen LogP contribution in [0.15, 0.2) is 41.7 Å². The van der Waals surface area contributed by atoms with Crippen LogP contribution in [-0.4, -0.2) is 66.6 Å². The molecule has 0 spiro atoms. The van der Waals surface area contributed by atoms with Crippen molar-refractivity contribution in [1.29, 1.82) is 0 Å². The first-order valence-electron chi connectivity index (χ1n) is 9.81. The molecule has 8 nitrogen and oxygen atoms in total. The quantitative estimate of drug-likeness (QED) is 0.435. The summed E-state index contributed by atoms with van der Waals surface area (Å²) >= 11 is 0. The van der Waals surface area contributed by atoms with Gasteiger partial charge in [0.25, 0.3) is 0 Å². The standard InChI is InChI=1S/C21H34N6O2/c1-7-22-20(24-15-21(2,28)16-12-25-27(5)14-16)23-13-18(26(3)4)17-10-8-9-11-19(17)29-6/h8-12,14,18,28H,7,13,15H2,1-6H3,(H2,22,23,24). The van der Waals surface area contributed by atoms with Crippen LogP contribution in [-0.2, 0) is 12.6 Å². The van der Waals surface area contributed by atoms with Gasteiger partial charge in [-0.05, 0) is 34.0 Å². The van der Waals surface area contributed by atoms with Gasteiger partial charge in [0.2, 0.25) is 0 Å². The van der Waals surface area contributed by atoms with E-state index in [0.717, 1.165) is 23.4 Å². The van der Waals surface area contributed by atoms with Crippen LogP contribution in [0.1, 0.15) is 31.0 Å². The van der Waals surface area contributed by atoms with Crippen molar-refractivity contribution in [3.8, 4) is 5.75 Å². The van der Waals surface area contributed by atoms with E-state index in [0.29, 0.717) is 12.5 Å². The Morgan fingerprint density at radius 3 is 2.66 bits per heavy atom. The van der Waals surface area contributed by atoms with Crippen molar-refractivity contribution in [2.45, 2.75) is 25.5 Å². The summed E-state index contributed by atoms with van der Waals surface area (Å²) in [6.07, 6.45) is 3.47. The molecule has 3 N–H and O–H groups in total. The van der Waals surface area contributed by atoms with E-state index in [4.69, 9.17) is 4.74 Å². The number of rotatable bonds is 9. The molecule has 0 radical (unpaired) electrons. The van der Waals surface area contributed by atoms with Gasteiger partial charge in [0.1, 0.15) is 11.4 Å². The number of aromatic nitrogens is 2. The Kier molecular flexibility index (Phi) is 8.04. The third kappa shape index (κ3) is 6.20. The lowest BCUT2D eigenvalue weighted by atomic mass is 10.0. The van der Waals surface area contributed by atoms with Crippen LogP contribution >= 0.6 is 0 Å². The molecule has 0 bridgehead atoms. The van der Waals surface area contributed by atoms with Crippen LogP contribution in [0.4, 0.5) is 0 Å². The van der Waals surface area contributed by atoms with Crippen molar-refractivity contribution in [2.24, 2.45) is 12.0 Å². The summed E-state index contributed by atoms with van der Waals surface area (Å²) in [5.74, 6) is 1.51. The highest BCUT2D eigenvalue weighted by Gasteiger charge is 2.25. The molecular formula is C21H34N6O2. The van der Waals surface area contributed by atoms with E-state index < -0.39 is 5.60 Å². The minimum absolute atomic E-state index is 0.0915. The lowest BCUT2D eigenvalue weighted by Gasteiger charge is -2.27. The van der Waals surface area contributed by atoms with E-state index in [1.54, 1.807) is 31.1 Å². The zero-order valence-electron chi connectivity index (χ0n) is 18.3. The number of aliphatic hydroxyl groups is 1. The molecule has 0 aliphatic heterocycles. The second-order valence-corrected chi connectivity index (χ2v) is 7.47. The van der Waals surface area contributed by atoms with E-state index in [1.165, 1.54) is 0 Å². The zero-order valence-corrected chi connectivity index (χ0v) is 18.3. The highest BCUT2D eigenvalue weighted by Crippen LogP contribution is 2.27. The first-order valence-corrected chi connectivity index (χ1v) is 9.81. The monoisotopic (exact) mass is 402 g/mol. The summed E-state index contributed by atoms with van der Waals surface area (Å²) in [5.41, 5.74) is 0.741. The van der Waals surface area contributed by atoms with Gasteiger partial charge >= 0.3 is 0 Å². The maximum absolute atomic E-state index is 10.8. The SMILES string of the molecule is CCNC(=NCC(C)(O)c1cnn(C)c1)NCC(c1ccccc1OC)N(C)C. The van der Waals surface area contributed by atoms with Gasteiger partial charge in [-0.2, -0.15) is 5.10 Å². The molecule has 1 aromatic heterocycles. The van der Waals surface area contributed by atoms with E-state index in [1.807, 2.05) is 46.3 Å². The topological polar surface area (TPSA) is 86.9 Å². The molecule has 2 atom stereocenters. The van der Waals surface area contributed by atoms with Crippen LogP contribution in [0.2, 0.25) is 0 Å². The summed E-state index contributed by atoms with van der Waals surface area (Å²) in [4.78, 5) is 6.74. The molecule has 0 amide bonds. The normalized spacial score (nSPS) is 15.1. The van der Waals surface area contributed by atoms with Crippen molar-refractivity contribution in [3.63, 3.8) is 0 Å². The summed E-state index contributed by atoms with van der Waals surface area (Å²) in [5, 5.41) is 21.6. The molecule has 2 rings (SSSR count). The number of guanidine groups is 1. The van der Waals surface area contributed by atoms with Crippen molar-refractivity contribution in [2.75, 3.05) is 40.8 Å². The Balaban J connectivity index is 2.13. The molecule has 1 heterocycles. The molecule has 1 aromatic carbocycles. The fourth-order valence-electron chi connectivity index (χ4n) is 3.07. The molecule has 0 saturated heterocycles. The number of nitrogens with one attached hydrogen (secondary N) is 2. The molecular weight excluding hydrogens is 368 g/mol. The third-order valence-electron chi connectivity index (χ3n) is 4.80. The number of para-hydroxylation sites is 1. The van der Waals surface area contributed by atoms with Gasteiger partial charge in [-0.15, -0.1) is 0 Å². The van der Waals surface area contributed by atoms with E-state index in [9.17, 15) is 5.11 Å². The Morgan fingerprint density at radius 1 is 1.34 bits per heavy atom. The molecule has 8 heteroatoms. The van der Waals surface area contributed by atoms with E-state index in [-0.39, 0.29) is 12.6 Å². The maximum Gasteiger partial charge on any atom is 0.191 e. The lowest BCUT2D eigenvalue weighted by Crippen LogP contribution is -2.42. The van der Waals surface area contributed by atoms with Gasteiger partial charge in [-0.3, -0.25) is 4.68 Å². The first-order chi connectivity index (χ1) is 13.8. The van der Waals surface area contributed by atoms with Crippen LogP contribution in [0.5, 0.6) is 5.75 Å². The van der Waals surface area contributed by atoms with Crippen molar-refractivity contribution < 1.29 is 9.84 Å². The number of hydrogen-bond acceptors (Lipinski definition) is 5. The number of likely N-dealkylation sites (N-methyl/N-ethyl adjacent to an activating group) is 1. The highest BCUT2D eigenvalue weighted by atomic mass is 16.5. The molecule has 160 valence electrons.